The van der Waals surface area contributed by atoms with Crippen molar-refractivity contribution >= 4 is 18.5 Å². The van der Waals surface area contributed by atoms with E-state index in [-0.39, 0.29) is 30.8 Å². The Hall–Kier alpha value is -2.04. The second-order valence-corrected chi connectivity index (χ2v) is 7.38. The van der Waals surface area contributed by atoms with Gasteiger partial charge in [-0.2, -0.15) is 0 Å². The maximum Gasteiger partial charge on any atom is 0.407 e. The van der Waals surface area contributed by atoms with E-state index >= 15 is 0 Å². The van der Waals surface area contributed by atoms with Crippen molar-refractivity contribution in [2.75, 3.05) is 19.8 Å². The van der Waals surface area contributed by atoms with Crippen LogP contribution >= 0.6 is 12.4 Å². The minimum absolute atomic E-state index is 0. The number of halogens is 1. The van der Waals surface area contributed by atoms with Crippen molar-refractivity contribution in [2.45, 2.75) is 26.2 Å². The maximum absolute atomic E-state index is 12.1. The van der Waals surface area contributed by atoms with E-state index in [4.69, 9.17) is 4.74 Å². The SMILES string of the molecule is CC(C)C[C@@H](CO)CNC(=O)OCC1c2ccccc2-c2ccccc21.Cl. The van der Waals surface area contributed by atoms with Crippen LogP contribution in [0, 0.1) is 11.8 Å². The van der Waals surface area contributed by atoms with Gasteiger partial charge in [-0.3, -0.25) is 0 Å². The number of aliphatic hydroxyl groups excluding tert-OH is 1. The van der Waals surface area contributed by atoms with Gasteiger partial charge in [0, 0.05) is 19.1 Å². The van der Waals surface area contributed by atoms with Crippen LogP contribution in [0.2, 0.25) is 0 Å². The lowest BCUT2D eigenvalue weighted by Crippen LogP contribution is -2.32. The van der Waals surface area contributed by atoms with Crippen molar-refractivity contribution in [1.82, 2.24) is 5.32 Å². The summed E-state index contributed by atoms with van der Waals surface area (Å²) in [5.41, 5.74) is 4.84. The molecule has 1 aliphatic carbocycles. The molecule has 27 heavy (non-hydrogen) atoms. The summed E-state index contributed by atoms with van der Waals surface area (Å²) in [6.45, 7) is 5.03. The number of rotatable bonds is 7. The Bertz CT molecular complexity index is 717. The molecule has 2 aromatic carbocycles. The largest absolute Gasteiger partial charge is 0.449 e. The predicted octanol–water partition coefficient (Wildman–Crippen LogP) is 4.60. The Balaban J connectivity index is 0.00000261. The van der Waals surface area contributed by atoms with Gasteiger partial charge in [-0.1, -0.05) is 62.4 Å². The van der Waals surface area contributed by atoms with Crippen LogP contribution in [0.1, 0.15) is 37.3 Å². The first kappa shape index (κ1) is 21.3. The first-order chi connectivity index (χ1) is 12.6. The molecular formula is C22H28ClNO3. The monoisotopic (exact) mass is 389 g/mol. The second-order valence-electron chi connectivity index (χ2n) is 7.38. The lowest BCUT2D eigenvalue weighted by Gasteiger charge is -2.18. The summed E-state index contributed by atoms with van der Waals surface area (Å²) in [7, 11) is 0. The Kier molecular flexibility index (Phi) is 7.69. The van der Waals surface area contributed by atoms with Gasteiger partial charge in [-0.25, -0.2) is 4.79 Å². The molecule has 0 bridgehead atoms. The molecular weight excluding hydrogens is 362 g/mol. The van der Waals surface area contributed by atoms with Gasteiger partial charge in [0.15, 0.2) is 0 Å². The predicted molar refractivity (Wildman–Crippen MR) is 110 cm³/mol. The molecule has 0 aliphatic heterocycles. The van der Waals surface area contributed by atoms with Crippen LogP contribution in [0.25, 0.3) is 11.1 Å². The number of alkyl carbamates (subject to hydrolysis) is 1. The highest BCUT2D eigenvalue weighted by Gasteiger charge is 2.29. The Labute approximate surface area is 167 Å². The smallest absolute Gasteiger partial charge is 0.407 e. The van der Waals surface area contributed by atoms with Crippen molar-refractivity contribution in [3.05, 3.63) is 59.7 Å². The Morgan fingerprint density at radius 3 is 2.15 bits per heavy atom. The average molecular weight is 390 g/mol. The highest BCUT2D eigenvalue weighted by molar-refractivity contribution is 5.85. The van der Waals surface area contributed by atoms with E-state index < -0.39 is 6.09 Å². The van der Waals surface area contributed by atoms with Gasteiger partial charge in [-0.05, 0) is 40.5 Å². The quantitative estimate of drug-likeness (QED) is 0.727. The number of amides is 1. The fraction of sp³-hybridized carbons (Fsp3) is 0.409. The maximum atomic E-state index is 12.1. The van der Waals surface area contributed by atoms with Gasteiger partial charge >= 0.3 is 6.09 Å². The molecule has 0 saturated carbocycles. The van der Waals surface area contributed by atoms with Gasteiger partial charge in [0.2, 0.25) is 0 Å². The van der Waals surface area contributed by atoms with E-state index in [1.807, 2.05) is 24.3 Å². The van der Waals surface area contributed by atoms with E-state index in [0.717, 1.165) is 6.42 Å². The molecule has 1 amide bonds. The number of aliphatic hydroxyl groups is 1. The van der Waals surface area contributed by atoms with Gasteiger partial charge in [0.25, 0.3) is 0 Å². The number of hydrogen-bond acceptors (Lipinski definition) is 3. The van der Waals surface area contributed by atoms with Crippen LogP contribution in [0.15, 0.2) is 48.5 Å². The van der Waals surface area contributed by atoms with Crippen LogP contribution in [-0.2, 0) is 4.74 Å². The highest BCUT2D eigenvalue weighted by atomic mass is 35.5. The molecule has 2 N–H and O–H groups in total. The zero-order chi connectivity index (χ0) is 18.5. The zero-order valence-corrected chi connectivity index (χ0v) is 16.7. The molecule has 0 fully saturated rings. The van der Waals surface area contributed by atoms with Gasteiger partial charge < -0.3 is 15.2 Å². The van der Waals surface area contributed by atoms with Crippen LogP contribution in [-0.4, -0.2) is 31.0 Å². The topological polar surface area (TPSA) is 58.6 Å². The van der Waals surface area contributed by atoms with Crippen molar-refractivity contribution < 1.29 is 14.6 Å². The number of nitrogens with one attached hydrogen (secondary N) is 1. The summed E-state index contributed by atoms with van der Waals surface area (Å²) in [6, 6.07) is 16.6. The summed E-state index contributed by atoms with van der Waals surface area (Å²) in [5.74, 6) is 0.615. The molecule has 5 heteroatoms. The standard InChI is InChI=1S/C22H27NO3.ClH/c1-15(2)11-16(13-24)12-23-22(25)26-14-21-19-9-5-3-7-17(19)18-8-4-6-10-20(18)21;/h3-10,15-16,21,24H,11-14H2,1-2H3,(H,23,25);1H/t16-;/m1./s1. The molecule has 2 aromatic rings. The summed E-state index contributed by atoms with van der Waals surface area (Å²) in [4.78, 5) is 12.1. The number of hydrogen-bond donors (Lipinski definition) is 2. The molecule has 3 rings (SSSR count). The fourth-order valence-corrected chi connectivity index (χ4v) is 3.77. The third-order valence-electron chi connectivity index (χ3n) is 4.94. The summed E-state index contributed by atoms with van der Waals surface area (Å²) in [5, 5.41) is 12.2. The fourth-order valence-electron chi connectivity index (χ4n) is 3.77. The lowest BCUT2D eigenvalue weighted by molar-refractivity contribution is 0.136. The third kappa shape index (κ3) is 5.02. The molecule has 1 atom stereocenters. The van der Waals surface area contributed by atoms with Crippen LogP contribution < -0.4 is 5.32 Å². The molecule has 146 valence electrons. The molecule has 0 radical (unpaired) electrons. The van der Waals surface area contributed by atoms with Crippen LogP contribution in [0.4, 0.5) is 4.79 Å². The molecule has 0 aromatic heterocycles. The van der Waals surface area contributed by atoms with Crippen LogP contribution in [0.3, 0.4) is 0 Å². The molecule has 4 nitrogen and oxygen atoms in total. The van der Waals surface area contributed by atoms with Crippen molar-refractivity contribution in [3.8, 4) is 11.1 Å². The summed E-state index contributed by atoms with van der Waals surface area (Å²) in [6.07, 6.45) is 0.453. The first-order valence-corrected chi connectivity index (χ1v) is 9.29. The van der Waals surface area contributed by atoms with E-state index in [2.05, 4.69) is 43.4 Å². The number of carbonyl (C=O) groups excluding carboxylic acids is 1. The Morgan fingerprint density at radius 1 is 1.07 bits per heavy atom. The van der Waals surface area contributed by atoms with Crippen molar-refractivity contribution in [1.29, 1.82) is 0 Å². The first-order valence-electron chi connectivity index (χ1n) is 9.29. The highest BCUT2D eigenvalue weighted by Crippen LogP contribution is 2.44. The van der Waals surface area contributed by atoms with Crippen LogP contribution in [0.5, 0.6) is 0 Å². The second kappa shape index (κ2) is 9.77. The number of benzene rings is 2. The third-order valence-corrected chi connectivity index (χ3v) is 4.94. The van der Waals surface area contributed by atoms with Gasteiger partial charge in [0.1, 0.15) is 6.61 Å². The summed E-state index contributed by atoms with van der Waals surface area (Å²) >= 11 is 0. The van der Waals surface area contributed by atoms with Gasteiger partial charge in [-0.15, -0.1) is 12.4 Å². The number of fused-ring (bicyclic) bond motifs is 3. The number of ether oxygens (including phenoxy) is 1. The van der Waals surface area contributed by atoms with E-state index in [1.165, 1.54) is 22.3 Å². The Morgan fingerprint density at radius 2 is 1.63 bits per heavy atom. The van der Waals surface area contributed by atoms with Crippen molar-refractivity contribution in [3.63, 3.8) is 0 Å². The minimum Gasteiger partial charge on any atom is -0.449 e. The molecule has 0 unspecified atom stereocenters. The zero-order valence-electron chi connectivity index (χ0n) is 15.9. The normalized spacial score (nSPS) is 13.5. The van der Waals surface area contributed by atoms with E-state index in [9.17, 15) is 9.90 Å². The molecule has 0 saturated heterocycles. The van der Waals surface area contributed by atoms with E-state index in [0.29, 0.717) is 19.1 Å². The summed E-state index contributed by atoms with van der Waals surface area (Å²) < 4.78 is 5.51. The van der Waals surface area contributed by atoms with Gasteiger partial charge in [0.05, 0.1) is 0 Å². The molecule has 0 spiro atoms. The van der Waals surface area contributed by atoms with E-state index in [1.54, 1.807) is 0 Å². The minimum atomic E-state index is -0.422. The molecule has 1 aliphatic rings. The number of carbonyl (C=O) groups is 1. The van der Waals surface area contributed by atoms with Crippen molar-refractivity contribution in [2.24, 2.45) is 11.8 Å². The lowest BCUT2D eigenvalue weighted by atomic mass is 9.98. The average Bonchev–Trinajstić information content (AvgIpc) is 2.97. The molecule has 0 heterocycles.